The van der Waals surface area contributed by atoms with Gasteiger partial charge in [-0.15, -0.1) is 0 Å². The summed E-state index contributed by atoms with van der Waals surface area (Å²) in [4.78, 5) is 4.13. The van der Waals surface area contributed by atoms with E-state index in [9.17, 15) is 0 Å². The van der Waals surface area contributed by atoms with Crippen LogP contribution in [-0.4, -0.2) is 9.55 Å². The zero-order valence-electron chi connectivity index (χ0n) is 5.94. The Morgan fingerprint density at radius 2 is 2.09 bits per heavy atom. The number of hydrogen-bond acceptors (Lipinski definition) is 1. The van der Waals surface area contributed by atoms with Gasteiger partial charge in [-0.2, -0.15) is 0 Å². The highest BCUT2D eigenvalue weighted by molar-refractivity contribution is 5.21. The van der Waals surface area contributed by atoms with Crippen LogP contribution in [0.15, 0.2) is 42.9 Å². The first kappa shape index (κ1) is 6.16. The maximum atomic E-state index is 4.13. The Morgan fingerprint density at radius 1 is 1.27 bits per heavy atom. The lowest BCUT2D eigenvalue weighted by Gasteiger charge is -1.97. The average Bonchev–Trinajstić information content (AvgIpc) is 2.58. The summed E-state index contributed by atoms with van der Waals surface area (Å²) in [6.07, 6.45) is 5.58. The first-order chi connectivity index (χ1) is 5.47. The molecule has 0 N–H and O–H groups in total. The normalized spacial score (nSPS) is 9.82. The quantitative estimate of drug-likeness (QED) is 0.593. The van der Waals surface area contributed by atoms with E-state index in [1.807, 2.05) is 41.2 Å². The lowest BCUT2D eigenvalue weighted by atomic mass is 10.5. The van der Waals surface area contributed by atoms with Gasteiger partial charge in [-0.3, -0.25) is 0 Å². The van der Waals surface area contributed by atoms with Crippen molar-refractivity contribution in [3.63, 3.8) is 0 Å². The molecule has 2 nitrogen and oxygen atoms in total. The van der Waals surface area contributed by atoms with Gasteiger partial charge in [0.2, 0.25) is 0 Å². The SMILES string of the molecule is [c]1ccc(-n2cccc2)nc1. The summed E-state index contributed by atoms with van der Waals surface area (Å²) in [5.74, 6) is 0.925. The molecule has 0 bridgehead atoms. The molecule has 2 heterocycles. The van der Waals surface area contributed by atoms with Crippen molar-refractivity contribution in [2.24, 2.45) is 0 Å². The van der Waals surface area contributed by atoms with Crippen molar-refractivity contribution in [3.8, 4) is 5.82 Å². The van der Waals surface area contributed by atoms with E-state index in [1.165, 1.54) is 0 Å². The van der Waals surface area contributed by atoms with Gasteiger partial charge in [-0.1, -0.05) is 0 Å². The second-order valence-corrected chi connectivity index (χ2v) is 2.21. The lowest BCUT2D eigenvalue weighted by molar-refractivity contribution is 1.01. The van der Waals surface area contributed by atoms with E-state index in [2.05, 4.69) is 11.1 Å². The van der Waals surface area contributed by atoms with Crippen LogP contribution in [0.1, 0.15) is 0 Å². The minimum Gasteiger partial charge on any atom is -0.309 e. The molecule has 53 valence electrons. The Balaban J connectivity index is 2.46. The van der Waals surface area contributed by atoms with Crippen LogP contribution in [-0.2, 0) is 0 Å². The van der Waals surface area contributed by atoms with E-state index in [4.69, 9.17) is 0 Å². The van der Waals surface area contributed by atoms with Crippen molar-refractivity contribution in [2.75, 3.05) is 0 Å². The third-order valence-electron chi connectivity index (χ3n) is 1.47. The maximum Gasteiger partial charge on any atom is 0.136 e. The fourth-order valence-electron chi connectivity index (χ4n) is 0.952. The Bertz CT molecular complexity index is 311. The van der Waals surface area contributed by atoms with Gasteiger partial charge in [0.1, 0.15) is 5.82 Å². The molecule has 1 radical (unpaired) electrons. The molecule has 0 aliphatic carbocycles. The van der Waals surface area contributed by atoms with Crippen molar-refractivity contribution in [2.45, 2.75) is 0 Å². The molecule has 0 aromatic carbocycles. The maximum absolute atomic E-state index is 4.13. The van der Waals surface area contributed by atoms with Gasteiger partial charge in [0.05, 0.1) is 0 Å². The van der Waals surface area contributed by atoms with Gasteiger partial charge in [0.25, 0.3) is 0 Å². The van der Waals surface area contributed by atoms with Crippen LogP contribution in [0, 0.1) is 6.07 Å². The Labute approximate surface area is 65.1 Å². The van der Waals surface area contributed by atoms with Gasteiger partial charge in [0, 0.05) is 24.7 Å². The van der Waals surface area contributed by atoms with E-state index in [1.54, 1.807) is 6.20 Å². The van der Waals surface area contributed by atoms with E-state index >= 15 is 0 Å². The molecule has 11 heavy (non-hydrogen) atoms. The minimum atomic E-state index is 0.925. The zero-order chi connectivity index (χ0) is 7.52. The molecule has 0 saturated heterocycles. The smallest absolute Gasteiger partial charge is 0.136 e. The summed E-state index contributed by atoms with van der Waals surface area (Å²) in [5.41, 5.74) is 0. The highest BCUT2D eigenvalue weighted by Gasteiger charge is 1.90. The molecule has 0 amide bonds. The molecule has 0 aliphatic heterocycles. The summed E-state index contributed by atoms with van der Waals surface area (Å²) < 4.78 is 1.95. The molecule has 0 unspecified atom stereocenters. The number of nitrogens with zero attached hydrogens (tertiary/aromatic N) is 2. The van der Waals surface area contributed by atoms with Crippen LogP contribution in [0.4, 0.5) is 0 Å². The van der Waals surface area contributed by atoms with Crippen LogP contribution in [0.25, 0.3) is 5.82 Å². The van der Waals surface area contributed by atoms with Crippen molar-refractivity contribution in [1.29, 1.82) is 0 Å². The molecule has 2 heteroatoms. The van der Waals surface area contributed by atoms with Crippen LogP contribution < -0.4 is 0 Å². The van der Waals surface area contributed by atoms with Crippen LogP contribution in [0.5, 0.6) is 0 Å². The summed E-state index contributed by atoms with van der Waals surface area (Å²) in [5, 5.41) is 0. The molecule has 0 fully saturated rings. The first-order valence-corrected chi connectivity index (χ1v) is 3.42. The molecule has 0 saturated carbocycles. The van der Waals surface area contributed by atoms with Crippen molar-refractivity contribution in [3.05, 3.63) is 48.9 Å². The minimum absolute atomic E-state index is 0.925. The third-order valence-corrected chi connectivity index (χ3v) is 1.47. The fourth-order valence-corrected chi connectivity index (χ4v) is 0.952. The lowest BCUT2D eigenvalue weighted by Crippen LogP contribution is -1.91. The predicted molar refractivity (Wildman–Crippen MR) is 42.4 cm³/mol. The average molecular weight is 143 g/mol. The highest BCUT2D eigenvalue weighted by Crippen LogP contribution is 2.01. The van der Waals surface area contributed by atoms with Crippen molar-refractivity contribution >= 4 is 0 Å². The second kappa shape index (κ2) is 2.58. The van der Waals surface area contributed by atoms with Gasteiger partial charge >= 0.3 is 0 Å². The zero-order valence-corrected chi connectivity index (χ0v) is 5.94. The summed E-state index contributed by atoms with van der Waals surface area (Å²) in [6, 6.07) is 10.6. The van der Waals surface area contributed by atoms with Crippen LogP contribution in [0.3, 0.4) is 0 Å². The second-order valence-electron chi connectivity index (χ2n) is 2.21. The molecule has 2 aromatic rings. The fraction of sp³-hybridized carbons (Fsp3) is 0. The molecule has 2 aromatic heterocycles. The number of hydrogen-bond donors (Lipinski definition) is 0. The molecular formula is C9H7N2. The Morgan fingerprint density at radius 3 is 2.73 bits per heavy atom. The van der Waals surface area contributed by atoms with Gasteiger partial charge in [-0.05, 0) is 24.3 Å². The van der Waals surface area contributed by atoms with Gasteiger partial charge in [0.15, 0.2) is 0 Å². The molecule has 2 rings (SSSR count). The van der Waals surface area contributed by atoms with E-state index < -0.39 is 0 Å². The molecular weight excluding hydrogens is 136 g/mol. The number of aromatic nitrogens is 2. The highest BCUT2D eigenvalue weighted by atomic mass is 15.0. The van der Waals surface area contributed by atoms with Crippen LogP contribution in [0.2, 0.25) is 0 Å². The van der Waals surface area contributed by atoms with Crippen molar-refractivity contribution < 1.29 is 0 Å². The van der Waals surface area contributed by atoms with Crippen molar-refractivity contribution in [1.82, 2.24) is 9.55 Å². The molecule has 0 atom stereocenters. The summed E-state index contributed by atoms with van der Waals surface area (Å²) in [6.45, 7) is 0. The van der Waals surface area contributed by atoms with E-state index in [-0.39, 0.29) is 0 Å². The molecule has 0 spiro atoms. The van der Waals surface area contributed by atoms with E-state index in [0.717, 1.165) is 5.82 Å². The first-order valence-electron chi connectivity index (χ1n) is 3.42. The van der Waals surface area contributed by atoms with Gasteiger partial charge < -0.3 is 4.57 Å². The Hall–Kier alpha value is -1.57. The predicted octanol–water partition coefficient (Wildman–Crippen LogP) is 1.67. The Kier molecular flexibility index (Phi) is 1.44. The molecule has 0 aliphatic rings. The topological polar surface area (TPSA) is 17.8 Å². The number of pyridine rings is 1. The monoisotopic (exact) mass is 143 g/mol. The van der Waals surface area contributed by atoms with Gasteiger partial charge in [-0.25, -0.2) is 4.98 Å². The largest absolute Gasteiger partial charge is 0.309 e. The van der Waals surface area contributed by atoms with Crippen LogP contribution >= 0.6 is 0 Å². The standard InChI is InChI=1S/C9H7N2/c1-2-6-10-9(5-1)11-7-3-4-8-11/h1,3-8H. The number of rotatable bonds is 1. The summed E-state index contributed by atoms with van der Waals surface area (Å²) in [7, 11) is 0. The summed E-state index contributed by atoms with van der Waals surface area (Å²) >= 11 is 0. The third kappa shape index (κ3) is 1.15. The van der Waals surface area contributed by atoms with E-state index in [0.29, 0.717) is 0 Å².